The Morgan fingerprint density at radius 2 is 1.85 bits per heavy atom. The van der Waals surface area contributed by atoms with Gasteiger partial charge in [0.05, 0.1) is 11.4 Å². The summed E-state index contributed by atoms with van der Waals surface area (Å²) in [5.41, 5.74) is -0.793. The monoisotopic (exact) mass is 186 g/mol. The Hall–Kier alpha value is -0.500. The smallest absolute Gasteiger partial charge is 0.128 e. The molecule has 0 saturated heterocycles. The van der Waals surface area contributed by atoms with Crippen molar-refractivity contribution in [2.45, 2.75) is 53.2 Å². The minimum atomic E-state index is -0.793. The summed E-state index contributed by atoms with van der Waals surface area (Å²) in [6.07, 6.45) is 1.75. The maximum Gasteiger partial charge on any atom is 0.128 e. The van der Waals surface area contributed by atoms with Crippen molar-refractivity contribution in [3.05, 3.63) is 11.8 Å². The van der Waals surface area contributed by atoms with Crippen LogP contribution in [-0.4, -0.2) is 16.8 Å². The molecule has 0 rings (SSSR count). The summed E-state index contributed by atoms with van der Waals surface area (Å²) in [6, 6.07) is 0. The lowest BCUT2D eigenvalue weighted by Gasteiger charge is -2.33. The second kappa shape index (κ2) is 4.66. The highest BCUT2D eigenvalue weighted by Crippen LogP contribution is 2.22. The Balaban J connectivity index is 4.46. The van der Waals surface area contributed by atoms with Crippen molar-refractivity contribution in [3.8, 4) is 0 Å². The molecule has 2 heteroatoms. The lowest BCUT2D eigenvalue weighted by atomic mass is 9.92. The summed E-state index contributed by atoms with van der Waals surface area (Å²) >= 11 is 0. The molecule has 0 aromatic heterocycles. The van der Waals surface area contributed by atoms with Crippen molar-refractivity contribution in [3.63, 3.8) is 0 Å². The average Bonchev–Trinajstić information content (AvgIpc) is 1.96. The van der Waals surface area contributed by atoms with Crippen LogP contribution in [0.2, 0.25) is 0 Å². The van der Waals surface area contributed by atoms with Gasteiger partial charge in [-0.05, 0) is 39.7 Å². The molecule has 0 aromatic carbocycles. The normalized spacial score (nSPS) is 16.2. The highest BCUT2D eigenvalue weighted by Gasteiger charge is 2.31. The van der Waals surface area contributed by atoms with Gasteiger partial charge in [0.15, 0.2) is 0 Å². The quantitative estimate of drug-likeness (QED) is 0.684. The second-order valence-corrected chi connectivity index (χ2v) is 4.34. The first-order valence-electron chi connectivity index (χ1n) is 4.81. The minimum Gasteiger partial charge on any atom is -0.492 e. The van der Waals surface area contributed by atoms with E-state index in [-0.39, 0.29) is 6.10 Å². The van der Waals surface area contributed by atoms with Gasteiger partial charge >= 0.3 is 0 Å². The standard InChI is InChI=1S/C11H22O2/c1-7-9(4)13-10(8(2)3)11(5,6)12/h7-8,10,12H,1-6H3/b9-7+/t10-/m0/s1. The van der Waals surface area contributed by atoms with Crippen LogP contribution in [0, 0.1) is 5.92 Å². The van der Waals surface area contributed by atoms with E-state index in [1.807, 2.05) is 33.8 Å². The molecule has 0 aliphatic rings. The fourth-order valence-corrected chi connectivity index (χ4v) is 1.36. The van der Waals surface area contributed by atoms with Crippen LogP contribution in [0.3, 0.4) is 0 Å². The third-order valence-corrected chi connectivity index (χ3v) is 2.02. The van der Waals surface area contributed by atoms with Crippen molar-refractivity contribution in [2.24, 2.45) is 5.92 Å². The number of allylic oxidation sites excluding steroid dienone is 2. The number of hydrogen-bond donors (Lipinski definition) is 1. The molecule has 13 heavy (non-hydrogen) atoms. The molecule has 1 atom stereocenters. The molecular formula is C11H22O2. The van der Waals surface area contributed by atoms with Crippen LogP contribution in [-0.2, 0) is 4.74 Å². The van der Waals surface area contributed by atoms with Gasteiger partial charge < -0.3 is 9.84 Å². The van der Waals surface area contributed by atoms with Crippen LogP contribution >= 0.6 is 0 Å². The molecular weight excluding hydrogens is 164 g/mol. The first-order chi connectivity index (χ1) is 5.79. The van der Waals surface area contributed by atoms with Gasteiger partial charge in [-0.3, -0.25) is 0 Å². The van der Waals surface area contributed by atoms with Gasteiger partial charge in [0.1, 0.15) is 6.10 Å². The second-order valence-electron chi connectivity index (χ2n) is 4.34. The topological polar surface area (TPSA) is 29.5 Å². The van der Waals surface area contributed by atoms with E-state index < -0.39 is 5.60 Å². The van der Waals surface area contributed by atoms with Crippen LogP contribution in [0.5, 0.6) is 0 Å². The van der Waals surface area contributed by atoms with E-state index in [1.165, 1.54) is 0 Å². The predicted octanol–water partition coefficient (Wildman–Crippen LogP) is 2.72. The summed E-state index contributed by atoms with van der Waals surface area (Å²) in [5.74, 6) is 1.16. The van der Waals surface area contributed by atoms with E-state index in [4.69, 9.17) is 4.74 Å². The Labute approximate surface area is 81.6 Å². The van der Waals surface area contributed by atoms with Crippen molar-refractivity contribution in [1.29, 1.82) is 0 Å². The van der Waals surface area contributed by atoms with E-state index in [9.17, 15) is 5.11 Å². The SMILES string of the molecule is C/C=C(\C)O[C@@H](C(C)C)C(C)(C)O. The molecule has 2 nitrogen and oxygen atoms in total. The molecule has 0 heterocycles. The van der Waals surface area contributed by atoms with Crippen molar-refractivity contribution in [1.82, 2.24) is 0 Å². The molecule has 78 valence electrons. The van der Waals surface area contributed by atoms with Crippen LogP contribution in [0.4, 0.5) is 0 Å². The van der Waals surface area contributed by atoms with Crippen molar-refractivity contribution < 1.29 is 9.84 Å². The fourth-order valence-electron chi connectivity index (χ4n) is 1.36. The summed E-state index contributed by atoms with van der Waals surface area (Å²) < 4.78 is 5.64. The van der Waals surface area contributed by atoms with E-state index in [0.717, 1.165) is 5.76 Å². The van der Waals surface area contributed by atoms with E-state index in [0.29, 0.717) is 5.92 Å². The Morgan fingerprint density at radius 3 is 2.08 bits per heavy atom. The molecule has 0 spiro atoms. The maximum absolute atomic E-state index is 9.84. The number of hydrogen-bond acceptors (Lipinski definition) is 2. The minimum absolute atomic E-state index is 0.149. The van der Waals surface area contributed by atoms with Gasteiger partial charge in [-0.15, -0.1) is 0 Å². The highest BCUT2D eigenvalue weighted by molar-refractivity contribution is 4.90. The zero-order valence-corrected chi connectivity index (χ0v) is 9.59. The lowest BCUT2D eigenvalue weighted by molar-refractivity contribution is -0.0846. The number of rotatable bonds is 4. The average molecular weight is 186 g/mol. The molecule has 0 aliphatic carbocycles. The number of aliphatic hydroxyl groups is 1. The van der Waals surface area contributed by atoms with Gasteiger partial charge in [0.2, 0.25) is 0 Å². The van der Waals surface area contributed by atoms with Crippen LogP contribution < -0.4 is 0 Å². The summed E-state index contributed by atoms with van der Waals surface area (Å²) in [7, 11) is 0. The Bertz CT molecular complexity index is 175. The van der Waals surface area contributed by atoms with Crippen molar-refractivity contribution >= 4 is 0 Å². The molecule has 0 aromatic rings. The number of ether oxygens (including phenoxy) is 1. The summed E-state index contributed by atoms with van der Waals surface area (Å²) in [4.78, 5) is 0. The lowest BCUT2D eigenvalue weighted by Crippen LogP contribution is -2.41. The Kier molecular flexibility index (Phi) is 4.48. The molecule has 0 fully saturated rings. The molecule has 1 N–H and O–H groups in total. The van der Waals surface area contributed by atoms with E-state index in [1.54, 1.807) is 13.8 Å². The largest absolute Gasteiger partial charge is 0.492 e. The van der Waals surface area contributed by atoms with Gasteiger partial charge in [0.25, 0.3) is 0 Å². The maximum atomic E-state index is 9.84. The molecule has 0 unspecified atom stereocenters. The van der Waals surface area contributed by atoms with Crippen LogP contribution in [0.25, 0.3) is 0 Å². The first kappa shape index (κ1) is 12.5. The molecule has 0 aliphatic heterocycles. The summed E-state index contributed by atoms with van der Waals surface area (Å²) in [6.45, 7) is 11.5. The third-order valence-electron chi connectivity index (χ3n) is 2.02. The predicted molar refractivity (Wildman–Crippen MR) is 55.4 cm³/mol. The third kappa shape index (κ3) is 4.32. The zero-order valence-electron chi connectivity index (χ0n) is 9.59. The van der Waals surface area contributed by atoms with E-state index in [2.05, 4.69) is 0 Å². The molecule has 0 saturated carbocycles. The van der Waals surface area contributed by atoms with Crippen LogP contribution in [0.15, 0.2) is 11.8 Å². The molecule has 0 bridgehead atoms. The first-order valence-corrected chi connectivity index (χ1v) is 4.81. The fraction of sp³-hybridized carbons (Fsp3) is 0.818. The van der Waals surface area contributed by atoms with Gasteiger partial charge in [0, 0.05) is 0 Å². The zero-order chi connectivity index (χ0) is 10.6. The Morgan fingerprint density at radius 1 is 1.38 bits per heavy atom. The molecule has 0 amide bonds. The van der Waals surface area contributed by atoms with Gasteiger partial charge in [-0.25, -0.2) is 0 Å². The van der Waals surface area contributed by atoms with Crippen LogP contribution in [0.1, 0.15) is 41.5 Å². The van der Waals surface area contributed by atoms with Gasteiger partial charge in [-0.1, -0.05) is 13.8 Å². The van der Waals surface area contributed by atoms with E-state index >= 15 is 0 Å². The molecule has 0 radical (unpaired) electrons. The van der Waals surface area contributed by atoms with Gasteiger partial charge in [-0.2, -0.15) is 0 Å². The highest BCUT2D eigenvalue weighted by atomic mass is 16.5. The summed E-state index contributed by atoms with van der Waals surface area (Å²) in [5, 5.41) is 9.84. The van der Waals surface area contributed by atoms with Crippen molar-refractivity contribution in [2.75, 3.05) is 0 Å².